The zero-order valence-corrected chi connectivity index (χ0v) is 9.28. The van der Waals surface area contributed by atoms with E-state index in [1.807, 2.05) is 0 Å². The summed E-state index contributed by atoms with van der Waals surface area (Å²) in [5.74, 6) is 0.0694. The van der Waals surface area contributed by atoms with Gasteiger partial charge in [-0.1, -0.05) is 0 Å². The summed E-state index contributed by atoms with van der Waals surface area (Å²) in [7, 11) is 0. The van der Waals surface area contributed by atoms with Gasteiger partial charge in [-0.25, -0.2) is 10.0 Å². The molecular formula is C10H20N4O. The van der Waals surface area contributed by atoms with Crippen molar-refractivity contribution in [3.63, 3.8) is 0 Å². The van der Waals surface area contributed by atoms with Gasteiger partial charge in [-0.15, -0.1) is 0 Å². The summed E-state index contributed by atoms with van der Waals surface area (Å²) in [5, 5.41) is 7.62. The van der Waals surface area contributed by atoms with Gasteiger partial charge >= 0.3 is 0 Å². The Morgan fingerprint density at radius 1 is 1.27 bits per heavy atom. The Hall–Kier alpha value is -0.650. The lowest BCUT2D eigenvalue weighted by Crippen LogP contribution is -2.43. The lowest BCUT2D eigenvalue weighted by molar-refractivity contribution is -0.119. The quantitative estimate of drug-likeness (QED) is 0.625. The fourth-order valence-electron chi connectivity index (χ4n) is 2.43. The first-order valence-corrected chi connectivity index (χ1v) is 5.67. The molecule has 2 heterocycles. The van der Waals surface area contributed by atoms with Crippen LogP contribution >= 0.6 is 0 Å². The van der Waals surface area contributed by atoms with Crippen molar-refractivity contribution in [2.45, 2.75) is 31.8 Å². The molecule has 2 fully saturated rings. The van der Waals surface area contributed by atoms with Gasteiger partial charge in [0.1, 0.15) is 0 Å². The molecule has 2 atom stereocenters. The first-order chi connectivity index (χ1) is 7.15. The van der Waals surface area contributed by atoms with Crippen molar-refractivity contribution in [1.29, 1.82) is 0 Å². The van der Waals surface area contributed by atoms with Crippen LogP contribution in [0.25, 0.3) is 0 Å². The summed E-state index contributed by atoms with van der Waals surface area (Å²) in [4.78, 5) is 10.9. The SMILES string of the molecule is CC(=O)NC1CCN(N2CCC(N)C2)C1. The summed E-state index contributed by atoms with van der Waals surface area (Å²) >= 11 is 0. The molecule has 2 saturated heterocycles. The zero-order chi connectivity index (χ0) is 10.8. The zero-order valence-electron chi connectivity index (χ0n) is 9.28. The molecular weight excluding hydrogens is 192 g/mol. The first-order valence-electron chi connectivity index (χ1n) is 5.67. The number of nitrogens with two attached hydrogens (primary N) is 1. The Morgan fingerprint density at radius 3 is 2.53 bits per heavy atom. The third-order valence-corrected chi connectivity index (χ3v) is 3.18. The van der Waals surface area contributed by atoms with Crippen molar-refractivity contribution in [3.05, 3.63) is 0 Å². The minimum Gasteiger partial charge on any atom is -0.352 e. The molecule has 0 radical (unpaired) electrons. The molecule has 1 amide bonds. The van der Waals surface area contributed by atoms with E-state index in [0.717, 1.165) is 39.0 Å². The van der Waals surface area contributed by atoms with Crippen LogP contribution in [0.2, 0.25) is 0 Å². The van der Waals surface area contributed by atoms with E-state index in [4.69, 9.17) is 5.73 Å². The highest BCUT2D eigenvalue weighted by Crippen LogP contribution is 2.16. The fraction of sp³-hybridized carbons (Fsp3) is 0.900. The molecule has 3 N–H and O–H groups in total. The molecule has 0 spiro atoms. The number of carbonyl (C=O) groups is 1. The molecule has 5 heteroatoms. The lowest BCUT2D eigenvalue weighted by Gasteiger charge is -2.27. The summed E-state index contributed by atoms with van der Waals surface area (Å²) in [5.41, 5.74) is 5.87. The number of hydrazine groups is 1. The topological polar surface area (TPSA) is 61.6 Å². The van der Waals surface area contributed by atoms with E-state index in [-0.39, 0.29) is 5.91 Å². The molecule has 86 valence electrons. The number of hydrogen-bond acceptors (Lipinski definition) is 4. The first kappa shape index (κ1) is 10.9. The number of amides is 1. The van der Waals surface area contributed by atoms with Gasteiger partial charge < -0.3 is 11.1 Å². The monoisotopic (exact) mass is 212 g/mol. The number of carbonyl (C=O) groups excluding carboxylic acids is 1. The largest absolute Gasteiger partial charge is 0.352 e. The average Bonchev–Trinajstić information content (AvgIpc) is 2.72. The standard InChI is InChI=1S/C10H20N4O/c1-8(15)12-10-3-5-14(7-10)13-4-2-9(11)6-13/h9-10H,2-7,11H2,1H3,(H,12,15). The molecule has 0 aromatic rings. The highest BCUT2D eigenvalue weighted by Gasteiger charge is 2.30. The Bertz CT molecular complexity index is 246. The van der Waals surface area contributed by atoms with Crippen LogP contribution in [0.1, 0.15) is 19.8 Å². The third-order valence-electron chi connectivity index (χ3n) is 3.18. The highest BCUT2D eigenvalue weighted by molar-refractivity contribution is 5.73. The van der Waals surface area contributed by atoms with E-state index in [1.54, 1.807) is 6.92 Å². The second kappa shape index (κ2) is 4.47. The second-order valence-corrected chi connectivity index (χ2v) is 4.56. The molecule has 0 aliphatic carbocycles. The molecule has 0 bridgehead atoms. The van der Waals surface area contributed by atoms with E-state index in [2.05, 4.69) is 15.3 Å². The van der Waals surface area contributed by atoms with Crippen LogP contribution in [-0.4, -0.2) is 54.2 Å². The smallest absolute Gasteiger partial charge is 0.217 e. The van der Waals surface area contributed by atoms with Crippen LogP contribution in [0.15, 0.2) is 0 Å². The van der Waals surface area contributed by atoms with Gasteiger partial charge in [0.15, 0.2) is 0 Å². The van der Waals surface area contributed by atoms with E-state index in [9.17, 15) is 4.79 Å². The van der Waals surface area contributed by atoms with Crippen LogP contribution in [0, 0.1) is 0 Å². The van der Waals surface area contributed by atoms with Crippen molar-refractivity contribution in [3.8, 4) is 0 Å². The van der Waals surface area contributed by atoms with Gasteiger partial charge in [0.25, 0.3) is 0 Å². The summed E-state index contributed by atoms with van der Waals surface area (Å²) in [6, 6.07) is 0.643. The van der Waals surface area contributed by atoms with Crippen molar-refractivity contribution >= 4 is 5.91 Å². The minimum atomic E-state index is 0.0694. The van der Waals surface area contributed by atoms with Crippen LogP contribution < -0.4 is 11.1 Å². The molecule has 0 saturated carbocycles. The number of nitrogens with one attached hydrogen (secondary N) is 1. The van der Waals surface area contributed by atoms with Gasteiger partial charge in [0, 0.05) is 45.2 Å². The molecule has 2 rings (SSSR count). The highest BCUT2D eigenvalue weighted by atomic mass is 16.1. The second-order valence-electron chi connectivity index (χ2n) is 4.56. The van der Waals surface area contributed by atoms with Gasteiger partial charge in [0.05, 0.1) is 0 Å². The van der Waals surface area contributed by atoms with Crippen molar-refractivity contribution in [1.82, 2.24) is 15.3 Å². The van der Waals surface area contributed by atoms with Crippen LogP contribution in [0.4, 0.5) is 0 Å². The van der Waals surface area contributed by atoms with E-state index >= 15 is 0 Å². The normalized spacial score (nSPS) is 33.5. The lowest BCUT2D eigenvalue weighted by atomic mass is 10.3. The Morgan fingerprint density at radius 2 is 1.93 bits per heavy atom. The van der Waals surface area contributed by atoms with Gasteiger partial charge in [-0.2, -0.15) is 0 Å². The van der Waals surface area contributed by atoms with Crippen LogP contribution in [0.3, 0.4) is 0 Å². The minimum absolute atomic E-state index is 0.0694. The predicted molar refractivity (Wildman–Crippen MR) is 58.0 cm³/mol. The predicted octanol–water partition coefficient (Wildman–Crippen LogP) is -0.855. The van der Waals surface area contributed by atoms with Gasteiger partial charge in [0.2, 0.25) is 5.91 Å². The maximum absolute atomic E-state index is 10.9. The summed E-state index contributed by atoms with van der Waals surface area (Å²) < 4.78 is 0. The van der Waals surface area contributed by atoms with E-state index < -0.39 is 0 Å². The van der Waals surface area contributed by atoms with Crippen molar-refractivity contribution < 1.29 is 4.79 Å². The van der Waals surface area contributed by atoms with Gasteiger partial charge in [-0.05, 0) is 12.8 Å². The molecule has 15 heavy (non-hydrogen) atoms. The maximum atomic E-state index is 10.9. The van der Waals surface area contributed by atoms with E-state index in [1.165, 1.54) is 0 Å². The Kier molecular flexibility index (Phi) is 3.23. The maximum Gasteiger partial charge on any atom is 0.217 e. The fourth-order valence-corrected chi connectivity index (χ4v) is 2.43. The summed E-state index contributed by atoms with van der Waals surface area (Å²) in [6.45, 7) is 5.58. The van der Waals surface area contributed by atoms with Crippen LogP contribution in [-0.2, 0) is 4.79 Å². The van der Waals surface area contributed by atoms with Crippen molar-refractivity contribution in [2.75, 3.05) is 26.2 Å². The molecule has 2 aliphatic heterocycles. The number of nitrogens with zero attached hydrogens (tertiary/aromatic N) is 2. The van der Waals surface area contributed by atoms with Crippen molar-refractivity contribution in [2.24, 2.45) is 5.73 Å². The molecule has 2 aliphatic rings. The number of hydrogen-bond donors (Lipinski definition) is 2. The van der Waals surface area contributed by atoms with Crippen LogP contribution in [0.5, 0.6) is 0 Å². The summed E-state index contributed by atoms with van der Waals surface area (Å²) in [6.07, 6.45) is 2.13. The molecule has 0 aromatic heterocycles. The Labute approximate surface area is 90.6 Å². The van der Waals surface area contributed by atoms with E-state index in [0.29, 0.717) is 12.1 Å². The van der Waals surface area contributed by atoms with Gasteiger partial charge in [-0.3, -0.25) is 4.79 Å². The average molecular weight is 212 g/mol. The molecule has 0 aromatic carbocycles. The number of rotatable bonds is 2. The third kappa shape index (κ3) is 2.68. The molecule has 5 nitrogen and oxygen atoms in total. The Balaban J connectivity index is 1.79. The molecule has 2 unspecified atom stereocenters.